The van der Waals surface area contributed by atoms with Crippen LogP contribution in [0.5, 0.6) is 0 Å². The molecule has 0 unspecified atom stereocenters. The van der Waals surface area contributed by atoms with Gasteiger partial charge in [0.2, 0.25) is 0 Å². The van der Waals surface area contributed by atoms with Crippen LogP contribution >= 0.6 is 0 Å². The predicted octanol–water partition coefficient (Wildman–Crippen LogP) is 3.48. The van der Waals surface area contributed by atoms with E-state index in [1.807, 2.05) is 60.7 Å². The van der Waals surface area contributed by atoms with Crippen LogP contribution in [0, 0.1) is 0 Å². The Kier molecular flexibility index (Phi) is 7.50. The molecule has 0 heterocycles. The number of hydrogen-bond acceptors (Lipinski definition) is 4. The van der Waals surface area contributed by atoms with Crippen LogP contribution < -0.4 is 5.32 Å². The molecule has 5 heteroatoms. The van der Waals surface area contributed by atoms with Crippen molar-refractivity contribution in [2.75, 3.05) is 6.61 Å². The van der Waals surface area contributed by atoms with Crippen LogP contribution in [0.15, 0.2) is 60.7 Å². The van der Waals surface area contributed by atoms with Crippen molar-refractivity contribution in [2.45, 2.75) is 32.4 Å². The minimum absolute atomic E-state index is 0.154. The highest BCUT2D eigenvalue weighted by Gasteiger charge is 2.22. The van der Waals surface area contributed by atoms with Gasteiger partial charge in [0.25, 0.3) is 0 Å². The van der Waals surface area contributed by atoms with Gasteiger partial charge in [0.15, 0.2) is 0 Å². The van der Waals surface area contributed by atoms with Crippen LogP contribution in [0.1, 0.15) is 24.5 Å². The lowest BCUT2D eigenvalue weighted by atomic mass is 10.1. The van der Waals surface area contributed by atoms with E-state index in [-0.39, 0.29) is 13.2 Å². The second-order valence-electron chi connectivity index (χ2n) is 5.53. The van der Waals surface area contributed by atoms with Crippen molar-refractivity contribution in [3.8, 4) is 0 Å². The number of amides is 1. The summed E-state index contributed by atoms with van der Waals surface area (Å²) >= 11 is 0. The van der Waals surface area contributed by atoms with Crippen molar-refractivity contribution in [1.82, 2.24) is 5.32 Å². The lowest BCUT2D eigenvalue weighted by Crippen LogP contribution is -2.42. The molecular formula is C20H23NO4. The third kappa shape index (κ3) is 6.67. The maximum Gasteiger partial charge on any atom is 0.408 e. The molecule has 2 rings (SSSR count). The fourth-order valence-corrected chi connectivity index (χ4v) is 2.35. The molecule has 0 aliphatic heterocycles. The highest BCUT2D eigenvalue weighted by atomic mass is 16.6. The molecule has 25 heavy (non-hydrogen) atoms. The van der Waals surface area contributed by atoms with Gasteiger partial charge >= 0.3 is 12.1 Å². The van der Waals surface area contributed by atoms with Crippen molar-refractivity contribution in [3.63, 3.8) is 0 Å². The molecule has 0 fully saturated rings. The zero-order valence-corrected chi connectivity index (χ0v) is 14.3. The SMILES string of the molecule is CCOC(=O)[C@H](CCc1ccccc1)NC(=O)OCc1ccccc1. The Hall–Kier alpha value is -2.82. The van der Waals surface area contributed by atoms with E-state index < -0.39 is 18.1 Å². The quantitative estimate of drug-likeness (QED) is 0.747. The number of hydrogen-bond donors (Lipinski definition) is 1. The van der Waals surface area contributed by atoms with E-state index in [9.17, 15) is 9.59 Å². The van der Waals surface area contributed by atoms with E-state index in [0.29, 0.717) is 12.8 Å². The number of rotatable bonds is 8. The van der Waals surface area contributed by atoms with Gasteiger partial charge in [0.05, 0.1) is 6.61 Å². The first-order chi connectivity index (χ1) is 12.2. The van der Waals surface area contributed by atoms with E-state index in [2.05, 4.69) is 5.32 Å². The Labute approximate surface area is 148 Å². The molecule has 0 aliphatic rings. The van der Waals surface area contributed by atoms with Gasteiger partial charge in [-0.15, -0.1) is 0 Å². The molecule has 1 atom stereocenters. The minimum atomic E-state index is -0.733. The molecule has 2 aromatic carbocycles. The maximum atomic E-state index is 12.1. The van der Waals surface area contributed by atoms with E-state index in [4.69, 9.17) is 9.47 Å². The Morgan fingerprint density at radius 2 is 1.52 bits per heavy atom. The summed E-state index contributed by atoms with van der Waals surface area (Å²) in [5.74, 6) is -0.449. The number of nitrogens with one attached hydrogen (secondary N) is 1. The van der Waals surface area contributed by atoms with Crippen molar-refractivity contribution in [1.29, 1.82) is 0 Å². The number of carbonyl (C=O) groups excluding carboxylic acids is 2. The van der Waals surface area contributed by atoms with Crippen LogP contribution in [-0.2, 0) is 27.3 Å². The summed E-state index contributed by atoms with van der Waals surface area (Å²) in [7, 11) is 0. The second kappa shape index (κ2) is 10.1. The Bertz CT molecular complexity index is 658. The number of benzene rings is 2. The molecule has 1 N–H and O–H groups in total. The standard InChI is InChI=1S/C20H23NO4/c1-2-24-19(22)18(14-13-16-9-5-3-6-10-16)21-20(23)25-15-17-11-7-4-8-12-17/h3-12,18H,2,13-15H2,1H3,(H,21,23)/t18-/m0/s1. The molecule has 2 aromatic rings. The van der Waals surface area contributed by atoms with Gasteiger partial charge < -0.3 is 14.8 Å². The van der Waals surface area contributed by atoms with Crippen LogP contribution in [0.25, 0.3) is 0 Å². The molecule has 0 radical (unpaired) electrons. The molecule has 1 amide bonds. The summed E-state index contributed by atoms with van der Waals surface area (Å²) in [6, 6.07) is 18.4. The molecular weight excluding hydrogens is 318 g/mol. The van der Waals surface area contributed by atoms with E-state index >= 15 is 0 Å². The summed E-state index contributed by atoms with van der Waals surface area (Å²) in [5, 5.41) is 2.61. The van der Waals surface area contributed by atoms with E-state index in [0.717, 1.165) is 11.1 Å². The van der Waals surface area contributed by atoms with Gasteiger partial charge in [0.1, 0.15) is 12.6 Å². The van der Waals surface area contributed by atoms with Crippen molar-refractivity contribution < 1.29 is 19.1 Å². The third-order valence-electron chi connectivity index (χ3n) is 3.64. The normalized spacial score (nSPS) is 11.4. The number of alkyl carbamates (subject to hydrolysis) is 1. The van der Waals surface area contributed by atoms with E-state index in [1.165, 1.54) is 0 Å². The Morgan fingerprint density at radius 1 is 0.920 bits per heavy atom. The van der Waals surface area contributed by atoms with Gasteiger partial charge in [-0.3, -0.25) is 0 Å². The van der Waals surface area contributed by atoms with Crippen molar-refractivity contribution >= 4 is 12.1 Å². The topological polar surface area (TPSA) is 64.6 Å². The highest BCUT2D eigenvalue weighted by molar-refractivity contribution is 5.81. The van der Waals surface area contributed by atoms with E-state index in [1.54, 1.807) is 6.92 Å². The lowest BCUT2D eigenvalue weighted by Gasteiger charge is -2.17. The number of aryl methyl sites for hydroxylation is 1. The lowest BCUT2D eigenvalue weighted by molar-refractivity contribution is -0.145. The number of esters is 1. The fourth-order valence-electron chi connectivity index (χ4n) is 2.35. The van der Waals surface area contributed by atoms with Crippen LogP contribution in [0.2, 0.25) is 0 Å². The zero-order chi connectivity index (χ0) is 17.9. The Morgan fingerprint density at radius 3 is 2.12 bits per heavy atom. The average Bonchev–Trinajstić information content (AvgIpc) is 2.65. The van der Waals surface area contributed by atoms with Gasteiger partial charge in [0, 0.05) is 0 Å². The molecule has 5 nitrogen and oxygen atoms in total. The third-order valence-corrected chi connectivity index (χ3v) is 3.64. The first kappa shape index (κ1) is 18.5. The zero-order valence-electron chi connectivity index (χ0n) is 14.3. The van der Waals surface area contributed by atoms with Crippen molar-refractivity contribution in [2.24, 2.45) is 0 Å². The van der Waals surface area contributed by atoms with Gasteiger partial charge in [-0.25, -0.2) is 9.59 Å². The van der Waals surface area contributed by atoms with Crippen LogP contribution in [0.3, 0.4) is 0 Å². The molecule has 0 aliphatic carbocycles. The predicted molar refractivity (Wildman–Crippen MR) is 94.9 cm³/mol. The fraction of sp³-hybridized carbons (Fsp3) is 0.300. The van der Waals surface area contributed by atoms with Crippen LogP contribution in [-0.4, -0.2) is 24.7 Å². The first-order valence-corrected chi connectivity index (χ1v) is 8.37. The number of ether oxygens (including phenoxy) is 2. The summed E-state index contributed by atoms with van der Waals surface area (Å²) in [6.45, 7) is 2.15. The molecule has 0 saturated heterocycles. The first-order valence-electron chi connectivity index (χ1n) is 8.37. The van der Waals surface area contributed by atoms with Gasteiger partial charge in [-0.05, 0) is 30.9 Å². The molecule has 0 bridgehead atoms. The highest BCUT2D eigenvalue weighted by Crippen LogP contribution is 2.07. The summed E-state index contributed by atoms with van der Waals surface area (Å²) in [6.07, 6.45) is 0.474. The minimum Gasteiger partial charge on any atom is -0.464 e. The second-order valence-corrected chi connectivity index (χ2v) is 5.53. The largest absolute Gasteiger partial charge is 0.464 e. The Balaban J connectivity index is 1.88. The van der Waals surface area contributed by atoms with Gasteiger partial charge in [-0.2, -0.15) is 0 Å². The summed E-state index contributed by atoms with van der Waals surface area (Å²) < 4.78 is 10.2. The van der Waals surface area contributed by atoms with Crippen molar-refractivity contribution in [3.05, 3.63) is 71.8 Å². The van der Waals surface area contributed by atoms with Crippen LogP contribution in [0.4, 0.5) is 4.79 Å². The van der Waals surface area contributed by atoms with Gasteiger partial charge in [-0.1, -0.05) is 60.7 Å². The summed E-state index contributed by atoms with van der Waals surface area (Å²) in [4.78, 5) is 24.1. The monoisotopic (exact) mass is 341 g/mol. The summed E-state index contributed by atoms with van der Waals surface area (Å²) in [5.41, 5.74) is 1.98. The maximum absolute atomic E-state index is 12.1. The molecule has 0 saturated carbocycles. The smallest absolute Gasteiger partial charge is 0.408 e. The molecule has 0 aromatic heterocycles. The average molecular weight is 341 g/mol. The molecule has 0 spiro atoms. The molecule has 132 valence electrons. The number of carbonyl (C=O) groups is 2.